The fourth-order valence-corrected chi connectivity index (χ4v) is 8.15. The normalized spacial score (nSPS) is 10.4. The number of ether oxygens (including phenoxy) is 4. The number of aliphatic carboxylic acids is 1. The Morgan fingerprint density at radius 1 is 0.410 bits per heavy atom. The van der Waals surface area contributed by atoms with Gasteiger partial charge in [-0.05, 0) is 155 Å². The van der Waals surface area contributed by atoms with Crippen molar-refractivity contribution in [1.29, 1.82) is 0 Å². The molecule has 10 rings (SSSR count). The molecule has 0 radical (unpaired) electrons. The molecule has 0 aliphatic heterocycles. The zero-order valence-electron chi connectivity index (χ0n) is 42.7. The van der Waals surface area contributed by atoms with Crippen molar-refractivity contribution in [3.05, 3.63) is 206 Å². The number of methoxy groups -OCH3 is 4. The number of amides is 1. The second-order valence-corrected chi connectivity index (χ2v) is 17.3. The number of nitrogens with two attached hydrogens (primary N) is 3. The first-order chi connectivity index (χ1) is 37.4. The average molecular weight is 1050 g/mol. The van der Waals surface area contributed by atoms with Crippen molar-refractivity contribution in [2.24, 2.45) is 0 Å². The van der Waals surface area contributed by atoms with Gasteiger partial charge in [-0.3, -0.25) is 9.59 Å². The van der Waals surface area contributed by atoms with Crippen molar-refractivity contribution < 1.29 is 42.7 Å². The number of nitrogens with zero attached hydrogens (tertiary/aromatic N) is 2. The van der Waals surface area contributed by atoms with E-state index in [1.165, 1.54) is 0 Å². The van der Waals surface area contributed by atoms with Gasteiger partial charge in [-0.2, -0.15) is 0 Å². The number of anilines is 4. The number of carboxylic acid groups (broad SMARTS) is 1. The van der Waals surface area contributed by atoms with Gasteiger partial charge in [0.05, 0.1) is 46.0 Å². The number of aromatic nitrogens is 2. The van der Waals surface area contributed by atoms with Crippen LogP contribution in [0.1, 0.15) is 18.9 Å². The van der Waals surface area contributed by atoms with Crippen molar-refractivity contribution >= 4 is 34.6 Å². The summed E-state index contributed by atoms with van der Waals surface area (Å²) >= 11 is 0. The number of benzene rings is 8. The van der Waals surface area contributed by atoms with Gasteiger partial charge in [0, 0.05) is 33.9 Å². The van der Waals surface area contributed by atoms with Crippen LogP contribution in [0, 0.1) is 0 Å². The number of rotatable bonds is 15. The third-order valence-corrected chi connectivity index (χ3v) is 12.2. The van der Waals surface area contributed by atoms with Crippen LogP contribution in [0.2, 0.25) is 0 Å². The maximum absolute atomic E-state index is 13.0. The molecule has 78 heavy (non-hydrogen) atoms. The van der Waals surface area contributed by atoms with Crippen LogP contribution in [0.5, 0.6) is 23.0 Å². The first kappa shape index (κ1) is 55.5. The lowest BCUT2D eigenvalue weighted by Gasteiger charge is -2.09. The topological polar surface area (TPSA) is 233 Å². The van der Waals surface area contributed by atoms with Crippen molar-refractivity contribution in [3.63, 3.8) is 0 Å². The van der Waals surface area contributed by atoms with Gasteiger partial charge in [-0.25, -0.2) is 0 Å². The van der Waals surface area contributed by atoms with Crippen LogP contribution >= 0.6 is 0 Å². The molecule has 0 spiro atoms. The molecule has 8 N–H and O–H groups in total. The van der Waals surface area contributed by atoms with Gasteiger partial charge in [-0.1, -0.05) is 90.5 Å². The van der Waals surface area contributed by atoms with Gasteiger partial charge < -0.3 is 55.6 Å². The number of hydrogen-bond donors (Lipinski definition) is 5. The molecule has 0 aliphatic rings. The predicted molar refractivity (Wildman–Crippen MR) is 308 cm³/mol. The molecule has 0 bridgehead atoms. The Kier molecular flexibility index (Phi) is 18.7. The molecule has 0 unspecified atom stereocenters. The smallest absolute Gasteiger partial charge is 0.311 e. The maximum atomic E-state index is 13.0. The molecular weight excluding hydrogens is 985 g/mol. The second-order valence-electron chi connectivity index (χ2n) is 17.3. The molecule has 0 saturated heterocycles. The number of nitrogens with one attached hydrogen (secondary N) is 1. The monoisotopic (exact) mass is 1040 g/mol. The summed E-state index contributed by atoms with van der Waals surface area (Å²) in [7, 11) is 6.43. The van der Waals surface area contributed by atoms with Gasteiger partial charge in [0.15, 0.2) is 11.5 Å². The second kappa shape index (κ2) is 26.3. The van der Waals surface area contributed by atoms with E-state index in [2.05, 4.69) is 15.6 Å². The number of nitrogen functional groups attached to an aromatic ring is 3. The van der Waals surface area contributed by atoms with Gasteiger partial charge in [0.25, 0.3) is 0 Å². The summed E-state index contributed by atoms with van der Waals surface area (Å²) in [6.45, 7) is 0. The largest absolute Gasteiger partial charge is 0.497 e. The van der Waals surface area contributed by atoms with Gasteiger partial charge >= 0.3 is 5.97 Å². The third-order valence-electron chi connectivity index (χ3n) is 12.2. The number of carboxylic acids is 1. The molecule has 10 aromatic rings. The van der Waals surface area contributed by atoms with Crippen LogP contribution in [-0.2, 0) is 22.4 Å². The maximum Gasteiger partial charge on any atom is 0.311 e. The van der Waals surface area contributed by atoms with Crippen LogP contribution in [0.15, 0.2) is 203 Å². The summed E-state index contributed by atoms with van der Waals surface area (Å²) in [5.41, 5.74) is 30.4. The van der Waals surface area contributed by atoms with E-state index < -0.39 is 5.97 Å². The van der Waals surface area contributed by atoms with Gasteiger partial charge in [-0.15, -0.1) is 0 Å². The molecule has 15 heteroatoms. The lowest BCUT2D eigenvalue weighted by molar-refractivity contribution is -0.136. The standard InChI is InChI=1S/C31H27N3O4.C19H17NO5.C12H12N2.CH4/c1-36-26-15-7-22(8-16-26)30-28(38-34-31(30)23-9-17-27(37-2)18-10-23)19-29(35)33-25-13-5-21(6-14-25)20-3-11-24(32)12-4-20;1-23-14-7-3-12(4-8-14)18-16(11-17(21)22)25-20-19(18)13-5-9-15(24-2)10-6-13;13-11-5-1-9(2-6-11)10-3-7-12(14)8-4-10;/h3-18H,19,32H2,1-2H3,(H,33,35);3-10H,11H2,1-2H3,(H,21,22);1-8H,13-14H2;1H4. The van der Waals surface area contributed by atoms with Gasteiger partial charge in [0.1, 0.15) is 40.8 Å². The summed E-state index contributed by atoms with van der Waals surface area (Å²) in [4.78, 5) is 24.2. The highest BCUT2D eigenvalue weighted by Crippen LogP contribution is 2.38. The zero-order chi connectivity index (χ0) is 54.3. The van der Waals surface area contributed by atoms with E-state index in [9.17, 15) is 9.59 Å². The van der Waals surface area contributed by atoms with E-state index in [1.807, 2.05) is 194 Å². The Hall–Kier alpha value is -10.3. The fraction of sp³-hybridized carbons (Fsp3) is 0.111. The average Bonchev–Trinajstić information content (AvgIpc) is 4.11. The molecule has 396 valence electrons. The Morgan fingerprint density at radius 3 is 0.974 bits per heavy atom. The van der Waals surface area contributed by atoms with Crippen molar-refractivity contribution in [2.75, 3.05) is 51.0 Å². The highest BCUT2D eigenvalue weighted by Gasteiger charge is 2.23. The van der Waals surface area contributed by atoms with Crippen molar-refractivity contribution in [2.45, 2.75) is 20.3 Å². The van der Waals surface area contributed by atoms with Crippen molar-refractivity contribution in [3.8, 4) is 90.0 Å². The minimum atomic E-state index is -0.979. The van der Waals surface area contributed by atoms with Crippen LogP contribution in [0.25, 0.3) is 67.0 Å². The highest BCUT2D eigenvalue weighted by atomic mass is 16.5. The third kappa shape index (κ3) is 14.1. The van der Waals surface area contributed by atoms with Crippen molar-refractivity contribution in [1.82, 2.24) is 10.3 Å². The quantitative estimate of drug-likeness (QED) is 0.0601. The summed E-state index contributed by atoms with van der Waals surface area (Å²) in [6.07, 6.45) is -0.227. The van der Waals surface area contributed by atoms with Crippen LogP contribution in [0.3, 0.4) is 0 Å². The molecule has 2 aromatic heterocycles. The lowest BCUT2D eigenvalue weighted by atomic mass is 9.97. The molecular formula is C63H60N6O9. The Balaban J connectivity index is 0.000000188. The Morgan fingerprint density at radius 2 is 0.679 bits per heavy atom. The van der Waals surface area contributed by atoms with Crippen LogP contribution < -0.4 is 41.5 Å². The Bertz CT molecular complexity index is 3460. The minimum absolute atomic E-state index is 0. The number of carbonyl (C=O) groups is 2. The van der Waals surface area contributed by atoms with E-state index in [0.29, 0.717) is 45.6 Å². The molecule has 8 aromatic carbocycles. The molecule has 1 amide bonds. The fourth-order valence-electron chi connectivity index (χ4n) is 8.15. The van der Waals surface area contributed by atoms with Crippen LogP contribution in [0.4, 0.5) is 22.7 Å². The predicted octanol–water partition coefficient (Wildman–Crippen LogP) is 13.3. The zero-order valence-corrected chi connectivity index (χ0v) is 42.7. The van der Waals surface area contributed by atoms with E-state index in [1.54, 1.807) is 28.4 Å². The molecule has 2 heterocycles. The Labute approximate surface area is 452 Å². The molecule has 0 aliphatic carbocycles. The molecule has 0 atom stereocenters. The summed E-state index contributed by atoms with van der Waals surface area (Å²) in [5.74, 6) is 2.50. The van der Waals surface area contributed by atoms with E-state index in [4.69, 9.17) is 50.3 Å². The number of carbonyl (C=O) groups excluding carboxylic acids is 1. The summed E-state index contributed by atoms with van der Waals surface area (Å²) in [6, 6.07) is 60.7. The van der Waals surface area contributed by atoms with Gasteiger partial charge in [0.2, 0.25) is 5.91 Å². The SMILES string of the molecule is C.COc1ccc(-c2noc(CC(=O)Nc3ccc(-c4ccc(N)cc4)cc3)c2-c2ccc(OC)cc2)cc1.COc1ccc(-c2noc(CC(=O)O)c2-c2ccc(OC)cc2)cc1.Nc1ccc(-c2ccc(N)cc2)cc1. The van der Waals surface area contributed by atoms with E-state index in [-0.39, 0.29) is 26.2 Å². The first-order valence-electron chi connectivity index (χ1n) is 24.2. The molecule has 0 fully saturated rings. The molecule has 15 nitrogen and oxygen atoms in total. The molecule has 0 saturated carbocycles. The van der Waals surface area contributed by atoms with E-state index in [0.717, 1.165) is 78.7 Å². The first-order valence-corrected chi connectivity index (χ1v) is 24.2. The summed E-state index contributed by atoms with van der Waals surface area (Å²) in [5, 5.41) is 20.5. The number of hydrogen-bond acceptors (Lipinski definition) is 13. The lowest BCUT2D eigenvalue weighted by Crippen LogP contribution is -2.14. The van der Waals surface area contributed by atoms with E-state index >= 15 is 0 Å². The highest BCUT2D eigenvalue weighted by molar-refractivity contribution is 5.94. The summed E-state index contributed by atoms with van der Waals surface area (Å²) < 4.78 is 32.0. The van der Waals surface area contributed by atoms with Crippen LogP contribution in [-0.4, -0.2) is 55.7 Å². The minimum Gasteiger partial charge on any atom is -0.497 e.